The van der Waals surface area contributed by atoms with Gasteiger partial charge in [0.05, 0.1) is 6.10 Å². The topological polar surface area (TPSA) is 23.5 Å². The predicted octanol–water partition coefficient (Wildman–Crippen LogP) is 1.19. The third-order valence-electron chi connectivity index (χ3n) is 2.70. The van der Waals surface area contributed by atoms with Gasteiger partial charge < -0.3 is 5.11 Å². The average molecular weight is 175 g/mol. The van der Waals surface area contributed by atoms with E-state index in [1.807, 2.05) is 11.9 Å². The lowest BCUT2D eigenvalue weighted by Crippen LogP contribution is -2.44. The highest BCUT2D eigenvalue weighted by Gasteiger charge is 2.25. The lowest BCUT2D eigenvalue weighted by molar-refractivity contribution is 0.0301. The third-order valence-corrected chi connectivity index (χ3v) is 2.70. The number of halogens is 1. The fourth-order valence-corrected chi connectivity index (χ4v) is 1.90. The van der Waals surface area contributed by atoms with E-state index in [1.165, 1.54) is 6.42 Å². The van der Waals surface area contributed by atoms with E-state index in [2.05, 4.69) is 0 Å². The van der Waals surface area contributed by atoms with E-state index in [0.29, 0.717) is 6.54 Å². The first-order chi connectivity index (χ1) is 5.75. The van der Waals surface area contributed by atoms with Gasteiger partial charge in [0, 0.05) is 12.6 Å². The van der Waals surface area contributed by atoms with Crippen LogP contribution in [0.5, 0.6) is 0 Å². The van der Waals surface area contributed by atoms with Crippen molar-refractivity contribution in [3.63, 3.8) is 0 Å². The van der Waals surface area contributed by atoms with Gasteiger partial charge in [-0.2, -0.15) is 0 Å². The number of likely N-dealkylation sites (N-methyl/N-ethyl adjacent to an activating group) is 1. The minimum absolute atomic E-state index is 0.189. The van der Waals surface area contributed by atoms with Gasteiger partial charge >= 0.3 is 0 Å². The van der Waals surface area contributed by atoms with Gasteiger partial charge in [0.25, 0.3) is 0 Å². The van der Waals surface area contributed by atoms with Crippen LogP contribution >= 0.6 is 0 Å². The molecule has 1 saturated carbocycles. The van der Waals surface area contributed by atoms with Crippen LogP contribution in [-0.4, -0.2) is 42.4 Å². The van der Waals surface area contributed by atoms with Crippen LogP contribution in [0.15, 0.2) is 0 Å². The van der Waals surface area contributed by atoms with Crippen molar-refractivity contribution in [3.05, 3.63) is 0 Å². The molecular formula is C9H18FNO. The summed E-state index contributed by atoms with van der Waals surface area (Å²) in [4.78, 5) is 1.93. The van der Waals surface area contributed by atoms with E-state index in [9.17, 15) is 9.50 Å². The van der Waals surface area contributed by atoms with Crippen LogP contribution in [0.4, 0.5) is 4.39 Å². The van der Waals surface area contributed by atoms with Crippen LogP contribution in [0.1, 0.15) is 25.7 Å². The summed E-state index contributed by atoms with van der Waals surface area (Å²) in [7, 11) is 1.89. The number of rotatable bonds is 3. The monoisotopic (exact) mass is 175 g/mol. The molecule has 2 unspecified atom stereocenters. The van der Waals surface area contributed by atoms with Crippen LogP contribution < -0.4 is 0 Å². The Morgan fingerprint density at radius 2 is 2.08 bits per heavy atom. The second-order valence-corrected chi connectivity index (χ2v) is 3.59. The Balaban J connectivity index is 2.36. The van der Waals surface area contributed by atoms with Gasteiger partial charge in [0.2, 0.25) is 0 Å². The van der Waals surface area contributed by atoms with E-state index in [4.69, 9.17) is 0 Å². The molecule has 1 aliphatic carbocycles. The molecule has 0 aliphatic heterocycles. The largest absolute Gasteiger partial charge is 0.391 e. The molecule has 1 N–H and O–H groups in total. The number of aliphatic hydroxyl groups excluding tert-OH is 1. The van der Waals surface area contributed by atoms with Crippen LogP contribution in [-0.2, 0) is 0 Å². The fraction of sp³-hybridized carbons (Fsp3) is 1.00. The first kappa shape index (κ1) is 9.93. The highest BCUT2D eigenvalue weighted by Crippen LogP contribution is 2.21. The van der Waals surface area contributed by atoms with Gasteiger partial charge in [0.15, 0.2) is 0 Å². The summed E-state index contributed by atoms with van der Waals surface area (Å²) < 4.78 is 12.0. The van der Waals surface area contributed by atoms with Gasteiger partial charge in [-0.1, -0.05) is 12.8 Å². The highest BCUT2D eigenvalue weighted by molar-refractivity contribution is 4.81. The maximum atomic E-state index is 12.0. The van der Waals surface area contributed by atoms with Crippen LogP contribution in [0.25, 0.3) is 0 Å². The van der Waals surface area contributed by atoms with E-state index >= 15 is 0 Å². The van der Waals surface area contributed by atoms with Crippen LogP contribution in [0.3, 0.4) is 0 Å². The average Bonchev–Trinajstić information content (AvgIpc) is 2.05. The van der Waals surface area contributed by atoms with Gasteiger partial charge in [-0.15, -0.1) is 0 Å². The van der Waals surface area contributed by atoms with Crippen molar-refractivity contribution in [2.45, 2.75) is 37.8 Å². The molecule has 0 aromatic carbocycles. The quantitative estimate of drug-likeness (QED) is 0.696. The smallest absolute Gasteiger partial charge is 0.102 e. The van der Waals surface area contributed by atoms with Crippen molar-refractivity contribution >= 4 is 0 Å². The number of hydrogen-bond acceptors (Lipinski definition) is 2. The molecule has 1 aliphatic rings. The predicted molar refractivity (Wildman–Crippen MR) is 46.9 cm³/mol. The first-order valence-corrected chi connectivity index (χ1v) is 4.70. The van der Waals surface area contributed by atoms with E-state index in [0.717, 1.165) is 19.3 Å². The molecule has 0 amide bonds. The van der Waals surface area contributed by atoms with Crippen molar-refractivity contribution in [2.24, 2.45) is 0 Å². The summed E-state index contributed by atoms with van der Waals surface area (Å²) in [6, 6.07) is 0.189. The van der Waals surface area contributed by atoms with Gasteiger partial charge in [-0.25, -0.2) is 4.39 Å². The molecular weight excluding hydrogens is 157 g/mol. The van der Waals surface area contributed by atoms with Crippen LogP contribution in [0, 0.1) is 0 Å². The van der Waals surface area contributed by atoms with E-state index in [1.54, 1.807) is 0 Å². The molecule has 3 heteroatoms. The standard InChI is InChI=1S/C9H18FNO/c1-11(7-6-10)8-4-2-3-5-9(8)12/h8-9,12H,2-7H2,1H3. The Hall–Kier alpha value is -0.150. The zero-order valence-electron chi connectivity index (χ0n) is 7.67. The molecule has 0 spiro atoms. The minimum atomic E-state index is -0.320. The summed E-state index contributed by atoms with van der Waals surface area (Å²) in [5, 5.41) is 9.60. The maximum Gasteiger partial charge on any atom is 0.102 e. The van der Waals surface area contributed by atoms with Crippen molar-refractivity contribution in [1.82, 2.24) is 4.90 Å². The maximum absolute atomic E-state index is 12.0. The van der Waals surface area contributed by atoms with Gasteiger partial charge in [0.1, 0.15) is 6.67 Å². The summed E-state index contributed by atoms with van der Waals surface area (Å²) in [6.07, 6.45) is 3.92. The van der Waals surface area contributed by atoms with Crippen molar-refractivity contribution < 1.29 is 9.50 Å². The second-order valence-electron chi connectivity index (χ2n) is 3.59. The molecule has 0 aromatic rings. The molecule has 2 atom stereocenters. The van der Waals surface area contributed by atoms with E-state index < -0.39 is 0 Å². The normalized spacial score (nSPS) is 31.0. The highest BCUT2D eigenvalue weighted by atomic mass is 19.1. The number of hydrogen-bond donors (Lipinski definition) is 1. The summed E-state index contributed by atoms with van der Waals surface area (Å²) in [5.41, 5.74) is 0. The number of nitrogens with zero attached hydrogens (tertiary/aromatic N) is 1. The minimum Gasteiger partial charge on any atom is -0.391 e. The summed E-state index contributed by atoms with van der Waals surface area (Å²) >= 11 is 0. The van der Waals surface area contributed by atoms with E-state index in [-0.39, 0.29) is 18.8 Å². The fourth-order valence-electron chi connectivity index (χ4n) is 1.90. The lowest BCUT2D eigenvalue weighted by Gasteiger charge is -2.34. The molecule has 0 radical (unpaired) electrons. The molecule has 2 nitrogen and oxygen atoms in total. The Morgan fingerprint density at radius 1 is 1.42 bits per heavy atom. The number of alkyl halides is 1. The van der Waals surface area contributed by atoms with Gasteiger partial charge in [-0.3, -0.25) is 4.90 Å². The number of aliphatic hydroxyl groups is 1. The van der Waals surface area contributed by atoms with Crippen LogP contribution in [0.2, 0.25) is 0 Å². The Labute approximate surface area is 73.4 Å². The molecule has 0 heterocycles. The van der Waals surface area contributed by atoms with Crippen molar-refractivity contribution in [3.8, 4) is 0 Å². The Kier molecular flexibility index (Phi) is 3.95. The lowest BCUT2D eigenvalue weighted by atomic mass is 9.92. The molecule has 12 heavy (non-hydrogen) atoms. The zero-order valence-corrected chi connectivity index (χ0v) is 7.67. The zero-order chi connectivity index (χ0) is 8.97. The Morgan fingerprint density at radius 3 is 2.67 bits per heavy atom. The summed E-state index contributed by atoms with van der Waals surface area (Å²) in [6.45, 7) is 0.126. The van der Waals surface area contributed by atoms with Crippen molar-refractivity contribution in [1.29, 1.82) is 0 Å². The molecule has 0 bridgehead atoms. The molecule has 1 rings (SSSR count). The molecule has 1 fully saturated rings. The van der Waals surface area contributed by atoms with Crippen molar-refractivity contribution in [2.75, 3.05) is 20.3 Å². The third kappa shape index (κ3) is 2.42. The van der Waals surface area contributed by atoms with Gasteiger partial charge in [-0.05, 0) is 19.9 Å². The SMILES string of the molecule is CN(CCF)C1CCCCC1O. The second kappa shape index (κ2) is 4.77. The summed E-state index contributed by atoms with van der Waals surface area (Å²) in [5.74, 6) is 0. The first-order valence-electron chi connectivity index (χ1n) is 4.70. The molecule has 0 aromatic heterocycles. The molecule has 72 valence electrons. The molecule has 0 saturated heterocycles. The Bertz CT molecular complexity index is 132.